The van der Waals surface area contributed by atoms with Crippen molar-refractivity contribution < 1.29 is 22.7 Å². The zero-order valence-corrected chi connectivity index (χ0v) is 23.6. The number of aromatic nitrogens is 1. The summed E-state index contributed by atoms with van der Waals surface area (Å²) in [4.78, 5) is 29.3. The first kappa shape index (κ1) is 30.3. The van der Waals surface area contributed by atoms with Crippen molar-refractivity contribution in [1.82, 2.24) is 14.8 Å². The molecule has 6 nitrogen and oxygen atoms in total. The van der Waals surface area contributed by atoms with Gasteiger partial charge in [0.15, 0.2) is 0 Å². The van der Waals surface area contributed by atoms with E-state index in [1.54, 1.807) is 0 Å². The molecule has 1 N–H and O–H groups in total. The molecule has 9 heteroatoms. The minimum Gasteiger partial charge on any atom is -0.383 e. The van der Waals surface area contributed by atoms with Crippen molar-refractivity contribution >= 4 is 5.91 Å². The van der Waals surface area contributed by atoms with Crippen molar-refractivity contribution in [1.29, 1.82) is 0 Å². The van der Waals surface area contributed by atoms with Crippen molar-refractivity contribution in [2.45, 2.75) is 102 Å². The van der Waals surface area contributed by atoms with Crippen LogP contribution in [0.4, 0.5) is 13.2 Å². The zero-order chi connectivity index (χ0) is 28.7. The number of likely N-dealkylation sites (tertiary alicyclic amines) is 1. The number of methoxy groups -OCH3 is 1. The number of alkyl halides is 3. The van der Waals surface area contributed by atoms with E-state index in [2.05, 4.69) is 17.1 Å². The van der Waals surface area contributed by atoms with Crippen molar-refractivity contribution in [2.24, 2.45) is 5.92 Å². The molecule has 3 atom stereocenters. The van der Waals surface area contributed by atoms with Crippen LogP contribution in [0.25, 0.3) is 0 Å². The van der Waals surface area contributed by atoms with Gasteiger partial charge in [0.2, 0.25) is 5.91 Å². The lowest BCUT2D eigenvalue weighted by Gasteiger charge is -2.36. The Morgan fingerprint density at radius 2 is 1.85 bits per heavy atom. The molecule has 0 radical (unpaired) electrons. The smallest absolute Gasteiger partial charge is 0.383 e. The van der Waals surface area contributed by atoms with E-state index in [4.69, 9.17) is 4.74 Å². The Morgan fingerprint density at radius 3 is 2.50 bits per heavy atom. The number of amides is 1. The normalized spacial score (nSPS) is 22.1. The molecule has 1 saturated heterocycles. The number of carbonyl (C=O) groups excluding carboxylic acids is 1. The molecule has 4 rings (SSSR count). The first-order valence-corrected chi connectivity index (χ1v) is 14.6. The SMILES string of the molecule is CCCCC1CC(NCc2cc(C(F)(F)F)cn(CCOC)c2=O)C(c2ccccc2)N1C(=O)C1CCCCC1. The largest absolute Gasteiger partial charge is 0.417 e. The molecule has 0 bridgehead atoms. The van der Waals surface area contributed by atoms with Gasteiger partial charge >= 0.3 is 6.18 Å². The third-order valence-corrected chi connectivity index (χ3v) is 8.42. The Labute approximate surface area is 234 Å². The van der Waals surface area contributed by atoms with Crippen LogP contribution in [0.3, 0.4) is 0 Å². The number of rotatable bonds is 11. The number of pyridine rings is 1. The molecule has 1 saturated carbocycles. The van der Waals surface area contributed by atoms with Gasteiger partial charge in [0, 0.05) is 50.0 Å². The molecule has 220 valence electrons. The number of ether oxygens (including phenoxy) is 1. The fourth-order valence-corrected chi connectivity index (χ4v) is 6.34. The summed E-state index contributed by atoms with van der Waals surface area (Å²) >= 11 is 0. The number of hydrogen-bond acceptors (Lipinski definition) is 4. The molecule has 2 heterocycles. The van der Waals surface area contributed by atoms with Crippen LogP contribution in [0.5, 0.6) is 0 Å². The maximum Gasteiger partial charge on any atom is 0.417 e. The van der Waals surface area contributed by atoms with Crippen molar-refractivity contribution in [3.05, 3.63) is 69.6 Å². The second kappa shape index (κ2) is 13.8. The van der Waals surface area contributed by atoms with Gasteiger partial charge in [-0.2, -0.15) is 13.2 Å². The summed E-state index contributed by atoms with van der Waals surface area (Å²) in [6.45, 7) is 2.28. The number of hydrogen-bond donors (Lipinski definition) is 1. The van der Waals surface area contributed by atoms with Gasteiger partial charge in [-0.05, 0) is 37.3 Å². The van der Waals surface area contributed by atoms with Crippen LogP contribution in [-0.4, -0.2) is 41.2 Å². The lowest BCUT2D eigenvalue weighted by Crippen LogP contribution is -2.44. The average molecular weight is 562 g/mol. The van der Waals surface area contributed by atoms with E-state index in [0.717, 1.165) is 73.8 Å². The number of benzene rings is 1. The average Bonchev–Trinajstić information content (AvgIpc) is 3.32. The van der Waals surface area contributed by atoms with Crippen LogP contribution < -0.4 is 10.9 Å². The first-order chi connectivity index (χ1) is 19.2. The standard InChI is InChI=1S/C31H42F3N3O3/c1-3-4-15-26-19-27(35-20-24-18-25(31(32,33)34)21-36(29(24)38)16-17-40-2)28(22-11-7-5-8-12-22)37(26)30(39)23-13-9-6-10-14-23/h5,7-8,11-12,18,21,23,26-28,35H,3-4,6,9-10,13-17,19-20H2,1-2H3. The maximum absolute atomic E-state index is 14.0. The van der Waals surface area contributed by atoms with Crippen LogP contribution >= 0.6 is 0 Å². The Hall–Kier alpha value is -2.65. The lowest BCUT2D eigenvalue weighted by molar-refractivity contribution is -0.140. The van der Waals surface area contributed by atoms with E-state index in [1.165, 1.54) is 7.11 Å². The Bertz CT molecular complexity index is 1160. The molecule has 2 aliphatic rings. The van der Waals surface area contributed by atoms with Crippen molar-refractivity contribution in [3.63, 3.8) is 0 Å². The maximum atomic E-state index is 14.0. The summed E-state index contributed by atoms with van der Waals surface area (Å²) in [6, 6.07) is 10.4. The van der Waals surface area contributed by atoms with E-state index >= 15 is 0 Å². The summed E-state index contributed by atoms with van der Waals surface area (Å²) < 4.78 is 47.2. The van der Waals surface area contributed by atoms with E-state index in [9.17, 15) is 22.8 Å². The number of nitrogens with zero attached hydrogens (tertiary/aromatic N) is 2. The van der Waals surface area contributed by atoms with Gasteiger partial charge in [-0.15, -0.1) is 0 Å². The molecule has 1 aromatic carbocycles. The first-order valence-electron chi connectivity index (χ1n) is 14.6. The van der Waals surface area contributed by atoms with Crippen LogP contribution in [0.15, 0.2) is 47.4 Å². The van der Waals surface area contributed by atoms with Crippen LogP contribution in [0.1, 0.15) is 87.4 Å². The van der Waals surface area contributed by atoms with Crippen molar-refractivity contribution in [2.75, 3.05) is 13.7 Å². The number of unbranched alkanes of at least 4 members (excludes halogenated alkanes) is 1. The van der Waals surface area contributed by atoms with Gasteiger partial charge in [-0.25, -0.2) is 0 Å². The summed E-state index contributed by atoms with van der Waals surface area (Å²) in [5, 5.41) is 3.44. The second-order valence-electron chi connectivity index (χ2n) is 11.2. The summed E-state index contributed by atoms with van der Waals surface area (Å²) in [6.07, 6.45) is 4.95. The Kier molecular flexibility index (Phi) is 10.5. The summed E-state index contributed by atoms with van der Waals surface area (Å²) in [5.41, 5.74) is -0.268. The summed E-state index contributed by atoms with van der Waals surface area (Å²) in [5.74, 6) is 0.208. The highest BCUT2D eigenvalue weighted by Gasteiger charge is 2.45. The molecule has 40 heavy (non-hydrogen) atoms. The third-order valence-electron chi connectivity index (χ3n) is 8.42. The molecule has 1 aliphatic heterocycles. The molecule has 1 aromatic heterocycles. The molecule has 1 amide bonds. The molecule has 0 spiro atoms. The van der Waals surface area contributed by atoms with Gasteiger partial charge in [-0.3, -0.25) is 9.59 Å². The number of carbonyl (C=O) groups is 1. The fourth-order valence-electron chi connectivity index (χ4n) is 6.34. The highest BCUT2D eigenvalue weighted by atomic mass is 19.4. The Morgan fingerprint density at radius 1 is 1.12 bits per heavy atom. The minimum absolute atomic E-state index is 0.0132. The van der Waals surface area contributed by atoms with E-state index < -0.39 is 17.3 Å². The predicted molar refractivity (Wildman–Crippen MR) is 149 cm³/mol. The van der Waals surface area contributed by atoms with Gasteiger partial charge in [0.05, 0.1) is 18.2 Å². The molecule has 1 aliphatic carbocycles. The summed E-state index contributed by atoms with van der Waals surface area (Å²) in [7, 11) is 1.44. The monoisotopic (exact) mass is 561 g/mol. The van der Waals surface area contributed by atoms with E-state index in [0.29, 0.717) is 6.42 Å². The van der Waals surface area contributed by atoms with Gasteiger partial charge in [0.1, 0.15) is 0 Å². The molecule has 3 unspecified atom stereocenters. The molecular formula is C31H42F3N3O3. The number of nitrogens with one attached hydrogen (secondary N) is 1. The highest BCUT2D eigenvalue weighted by molar-refractivity contribution is 5.80. The van der Waals surface area contributed by atoms with Crippen LogP contribution in [0, 0.1) is 5.92 Å². The topological polar surface area (TPSA) is 63.6 Å². The predicted octanol–water partition coefficient (Wildman–Crippen LogP) is 6.08. The van der Waals surface area contributed by atoms with Crippen LogP contribution in [0.2, 0.25) is 0 Å². The highest BCUT2D eigenvalue weighted by Crippen LogP contribution is 2.41. The Balaban J connectivity index is 1.66. The second-order valence-corrected chi connectivity index (χ2v) is 11.2. The zero-order valence-electron chi connectivity index (χ0n) is 23.6. The minimum atomic E-state index is -4.58. The van der Waals surface area contributed by atoms with Gasteiger partial charge in [-0.1, -0.05) is 69.4 Å². The molecule has 2 aromatic rings. The van der Waals surface area contributed by atoms with Crippen LogP contribution in [-0.2, 0) is 28.8 Å². The third kappa shape index (κ3) is 7.16. The lowest BCUT2D eigenvalue weighted by atomic mass is 9.87. The van der Waals surface area contributed by atoms with E-state index in [1.807, 2.05) is 30.3 Å². The van der Waals surface area contributed by atoms with Gasteiger partial charge < -0.3 is 19.5 Å². The molecular weight excluding hydrogens is 519 g/mol. The molecule has 2 fully saturated rings. The van der Waals surface area contributed by atoms with E-state index in [-0.39, 0.29) is 55.2 Å². The fraction of sp³-hybridized carbons (Fsp3) is 0.613. The number of halogens is 3. The quantitative estimate of drug-likeness (QED) is 0.361. The van der Waals surface area contributed by atoms with Gasteiger partial charge in [0.25, 0.3) is 5.56 Å². The van der Waals surface area contributed by atoms with Crippen molar-refractivity contribution in [3.8, 4) is 0 Å².